The molecular weight excluding hydrogens is 178 g/mol. The summed E-state index contributed by atoms with van der Waals surface area (Å²) in [6.07, 6.45) is 4.29. The van der Waals surface area contributed by atoms with E-state index in [9.17, 15) is 4.79 Å². The monoisotopic (exact) mass is 195 g/mol. The largest absolute Gasteiger partial charge is 0.366 e. The molecule has 3 fully saturated rings. The smallest absolute Gasteiger partial charge is 0.161 e. The van der Waals surface area contributed by atoms with Gasteiger partial charge in [-0.25, -0.2) is 0 Å². The van der Waals surface area contributed by atoms with Crippen molar-refractivity contribution in [1.82, 2.24) is 4.90 Å². The molecule has 3 heteroatoms. The van der Waals surface area contributed by atoms with Crippen molar-refractivity contribution in [3.8, 4) is 0 Å². The average Bonchev–Trinajstić information content (AvgIpc) is 2.58. The van der Waals surface area contributed by atoms with E-state index in [2.05, 4.69) is 4.90 Å². The zero-order chi connectivity index (χ0) is 9.60. The molecule has 0 aromatic heterocycles. The molecule has 0 N–H and O–H groups in total. The number of nitrogens with zero attached hydrogens (tertiary/aromatic N) is 1. The molecule has 0 aromatic rings. The lowest BCUT2D eigenvalue weighted by atomic mass is 9.74. The highest BCUT2D eigenvalue weighted by Crippen LogP contribution is 2.42. The molecule has 2 bridgehead atoms. The number of carbonyl (C=O) groups is 1. The van der Waals surface area contributed by atoms with E-state index >= 15 is 0 Å². The fraction of sp³-hybridized carbons (Fsp3) is 0.909. The van der Waals surface area contributed by atoms with Gasteiger partial charge in [0.15, 0.2) is 5.78 Å². The van der Waals surface area contributed by atoms with Crippen molar-refractivity contribution in [2.24, 2.45) is 5.92 Å². The zero-order valence-corrected chi connectivity index (χ0v) is 8.50. The van der Waals surface area contributed by atoms with E-state index in [1.807, 2.05) is 0 Å². The van der Waals surface area contributed by atoms with Crippen LogP contribution in [-0.4, -0.2) is 42.5 Å². The number of hydrogen-bond donors (Lipinski definition) is 0. The van der Waals surface area contributed by atoms with Crippen molar-refractivity contribution in [2.75, 3.05) is 26.2 Å². The molecule has 3 aliphatic rings. The molecular formula is C11H17NO2. The topological polar surface area (TPSA) is 29.5 Å². The molecule has 78 valence electrons. The van der Waals surface area contributed by atoms with E-state index in [0.717, 1.165) is 19.5 Å². The predicted octanol–water partition coefficient (Wildman–Crippen LogP) is 0.830. The third kappa shape index (κ3) is 1.22. The maximum absolute atomic E-state index is 11.3. The van der Waals surface area contributed by atoms with Crippen molar-refractivity contribution >= 4 is 5.78 Å². The van der Waals surface area contributed by atoms with E-state index in [0.29, 0.717) is 24.7 Å². The lowest BCUT2D eigenvalue weighted by Crippen LogP contribution is -2.54. The summed E-state index contributed by atoms with van der Waals surface area (Å²) >= 11 is 0. The fourth-order valence-corrected chi connectivity index (χ4v) is 3.32. The highest BCUT2D eigenvalue weighted by Gasteiger charge is 2.49. The van der Waals surface area contributed by atoms with Gasteiger partial charge in [-0.2, -0.15) is 0 Å². The van der Waals surface area contributed by atoms with Crippen LogP contribution in [0.4, 0.5) is 0 Å². The van der Waals surface area contributed by atoms with Gasteiger partial charge in [0.2, 0.25) is 0 Å². The van der Waals surface area contributed by atoms with Gasteiger partial charge in [-0.05, 0) is 25.8 Å². The summed E-state index contributed by atoms with van der Waals surface area (Å²) < 4.78 is 5.80. The zero-order valence-electron chi connectivity index (χ0n) is 8.50. The highest BCUT2D eigenvalue weighted by molar-refractivity contribution is 5.82. The SMILES string of the molecule is O=C1COC2(CCN3CCCC2C3)C1. The van der Waals surface area contributed by atoms with E-state index in [-0.39, 0.29) is 5.60 Å². The number of ether oxygens (including phenoxy) is 1. The first-order valence-electron chi connectivity index (χ1n) is 5.66. The molecule has 3 unspecified atom stereocenters. The van der Waals surface area contributed by atoms with Gasteiger partial charge >= 0.3 is 0 Å². The first kappa shape index (κ1) is 8.86. The summed E-state index contributed by atoms with van der Waals surface area (Å²) in [5.41, 5.74) is -0.0476. The molecule has 3 atom stereocenters. The number of ketones is 1. The normalized spacial score (nSPS) is 47.3. The fourth-order valence-electron chi connectivity index (χ4n) is 3.32. The molecule has 0 saturated carbocycles. The third-order valence-corrected chi connectivity index (χ3v) is 4.12. The highest BCUT2D eigenvalue weighted by atomic mass is 16.5. The number of rotatable bonds is 0. The van der Waals surface area contributed by atoms with Crippen LogP contribution in [0.1, 0.15) is 25.7 Å². The third-order valence-electron chi connectivity index (χ3n) is 4.12. The quantitative estimate of drug-likeness (QED) is 0.573. The molecule has 0 aliphatic carbocycles. The molecule has 3 rings (SSSR count). The van der Waals surface area contributed by atoms with Crippen LogP contribution in [0.5, 0.6) is 0 Å². The summed E-state index contributed by atoms with van der Waals surface area (Å²) in [7, 11) is 0. The van der Waals surface area contributed by atoms with Crippen LogP contribution in [0.3, 0.4) is 0 Å². The van der Waals surface area contributed by atoms with E-state index in [1.165, 1.54) is 19.4 Å². The summed E-state index contributed by atoms with van der Waals surface area (Å²) in [4.78, 5) is 13.9. The molecule has 3 saturated heterocycles. The lowest BCUT2D eigenvalue weighted by molar-refractivity contribution is -0.118. The van der Waals surface area contributed by atoms with Gasteiger partial charge in [-0.3, -0.25) is 4.79 Å². The Morgan fingerprint density at radius 1 is 1.43 bits per heavy atom. The summed E-state index contributed by atoms with van der Waals surface area (Å²) in [6, 6.07) is 0. The van der Waals surface area contributed by atoms with E-state index in [4.69, 9.17) is 4.74 Å². The Morgan fingerprint density at radius 2 is 2.36 bits per heavy atom. The van der Waals surface area contributed by atoms with Gasteiger partial charge < -0.3 is 9.64 Å². The number of fused-ring (bicyclic) bond motifs is 3. The molecule has 1 spiro atoms. The van der Waals surface area contributed by atoms with Crippen LogP contribution < -0.4 is 0 Å². The van der Waals surface area contributed by atoms with Crippen LogP contribution >= 0.6 is 0 Å². The maximum atomic E-state index is 11.3. The van der Waals surface area contributed by atoms with Crippen LogP contribution in [0.25, 0.3) is 0 Å². The van der Waals surface area contributed by atoms with Gasteiger partial charge in [-0.1, -0.05) is 0 Å². The Hall–Kier alpha value is -0.410. The first-order chi connectivity index (χ1) is 6.78. The molecule has 14 heavy (non-hydrogen) atoms. The van der Waals surface area contributed by atoms with E-state index < -0.39 is 0 Å². The molecule has 0 radical (unpaired) electrons. The van der Waals surface area contributed by atoms with Gasteiger partial charge in [-0.15, -0.1) is 0 Å². The van der Waals surface area contributed by atoms with Crippen molar-refractivity contribution < 1.29 is 9.53 Å². The minimum atomic E-state index is -0.0476. The van der Waals surface area contributed by atoms with Gasteiger partial charge in [0.05, 0.1) is 5.60 Å². The number of Topliss-reactive ketones (excluding diaryl/α,β-unsaturated/α-hetero) is 1. The second kappa shape index (κ2) is 3.04. The average molecular weight is 195 g/mol. The Morgan fingerprint density at radius 3 is 3.14 bits per heavy atom. The Kier molecular flexibility index (Phi) is 1.92. The minimum Gasteiger partial charge on any atom is -0.366 e. The Bertz CT molecular complexity index is 266. The standard InChI is InChI=1S/C11H17NO2/c13-10-6-11(14-8-10)3-5-12-4-1-2-9(11)7-12/h9H,1-8H2. The molecule has 3 aliphatic heterocycles. The summed E-state index contributed by atoms with van der Waals surface area (Å²) in [6.45, 7) is 3.91. The number of hydrogen-bond acceptors (Lipinski definition) is 3. The molecule has 0 aromatic carbocycles. The van der Waals surface area contributed by atoms with Crippen molar-refractivity contribution in [1.29, 1.82) is 0 Å². The second-order valence-corrected chi connectivity index (χ2v) is 4.96. The van der Waals surface area contributed by atoms with Crippen LogP contribution in [0.2, 0.25) is 0 Å². The van der Waals surface area contributed by atoms with Crippen molar-refractivity contribution in [2.45, 2.75) is 31.3 Å². The van der Waals surface area contributed by atoms with Crippen molar-refractivity contribution in [3.05, 3.63) is 0 Å². The van der Waals surface area contributed by atoms with Gasteiger partial charge in [0, 0.05) is 25.4 Å². The van der Waals surface area contributed by atoms with Crippen LogP contribution in [0.15, 0.2) is 0 Å². The molecule has 0 amide bonds. The molecule has 3 nitrogen and oxygen atoms in total. The first-order valence-corrected chi connectivity index (χ1v) is 5.66. The maximum Gasteiger partial charge on any atom is 0.161 e. The predicted molar refractivity (Wildman–Crippen MR) is 52.1 cm³/mol. The Balaban J connectivity index is 1.82. The van der Waals surface area contributed by atoms with Gasteiger partial charge in [0.25, 0.3) is 0 Å². The number of carbonyl (C=O) groups excluding carboxylic acids is 1. The van der Waals surface area contributed by atoms with Crippen molar-refractivity contribution in [3.63, 3.8) is 0 Å². The van der Waals surface area contributed by atoms with Gasteiger partial charge in [0.1, 0.15) is 6.61 Å². The lowest BCUT2D eigenvalue weighted by Gasteiger charge is -2.48. The molecule has 3 heterocycles. The number of piperidine rings is 2. The summed E-state index contributed by atoms with van der Waals surface area (Å²) in [5, 5.41) is 0. The summed E-state index contributed by atoms with van der Waals surface area (Å²) in [5.74, 6) is 0.931. The minimum absolute atomic E-state index is 0.0476. The van der Waals surface area contributed by atoms with Crippen LogP contribution in [0, 0.1) is 5.92 Å². The Labute approximate surface area is 84.4 Å². The van der Waals surface area contributed by atoms with Crippen LogP contribution in [-0.2, 0) is 9.53 Å². The second-order valence-electron chi connectivity index (χ2n) is 4.96. The van der Waals surface area contributed by atoms with E-state index in [1.54, 1.807) is 0 Å².